The van der Waals surface area contributed by atoms with Crippen LogP contribution in [0.2, 0.25) is 0 Å². The Morgan fingerprint density at radius 2 is 2.17 bits per heavy atom. The molecule has 1 heterocycles. The minimum atomic E-state index is -0.561. The molecule has 0 radical (unpaired) electrons. The highest BCUT2D eigenvalue weighted by atomic mass is 32.1. The number of nitrogens with zero attached hydrogens (tertiary/aromatic N) is 1. The van der Waals surface area contributed by atoms with Gasteiger partial charge in [-0.2, -0.15) is 0 Å². The molecule has 1 aromatic rings. The Balaban J connectivity index is 2.34. The summed E-state index contributed by atoms with van der Waals surface area (Å²) in [5.74, 6) is -0.755. The second-order valence-corrected chi connectivity index (χ2v) is 5.48. The molecule has 1 fully saturated rings. The lowest BCUT2D eigenvalue weighted by atomic mass is 10.1. The van der Waals surface area contributed by atoms with Crippen LogP contribution in [0.1, 0.15) is 18.9 Å². The molecule has 0 unspecified atom stereocenters. The molecule has 1 aromatic carbocycles. The highest BCUT2D eigenvalue weighted by Crippen LogP contribution is 2.28. The first-order chi connectivity index (χ1) is 11.5. The Kier molecular flexibility index (Phi) is 5.70. The number of phenols is 1. The third-order valence-electron chi connectivity index (χ3n) is 3.25. The number of phenolic OH excluding ortho intramolecular Hbond substituents is 1. The van der Waals surface area contributed by atoms with Crippen molar-refractivity contribution in [2.24, 2.45) is 0 Å². The molecule has 1 saturated heterocycles. The van der Waals surface area contributed by atoms with Crippen LogP contribution in [0.4, 0.5) is 0 Å². The van der Waals surface area contributed by atoms with Crippen molar-refractivity contribution in [1.29, 1.82) is 0 Å². The number of hydrogen-bond donors (Lipinski definition) is 2. The van der Waals surface area contributed by atoms with Crippen LogP contribution in [0.5, 0.6) is 11.5 Å². The van der Waals surface area contributed by atoms with Gasteiger partial charge in [-0.25, -0.2) is 0 Å². The summed E-state index contributed by atoms with van der Waals surface area (Å²) in [5.41, 5.74) is 0.515. The average molecular weight is 346 g/mol. The van der Waals surface area contributed by atoms with E-state index in [0.717, 1.165) is 6.42 Å². The van der Waals surface area contributed by atoms with Gasteiger partial charge in [0.1, 0.15) is 5.57 Å². The molecule has 2 rings (SSSR count). The molecule has 6 nitrogen and oxygen atoms in total. The molecule has 0 atom stereocenters. The van der Waals surface area contributed by atoms with Crippen molar-refractivity contribution < 1.29 is 19.4 Å². The molecule has 0 aliphatic carbocycles. The van der Waals surface area contributed by atoms with Crippen molar-refractivity contribution >= 4 is 35.2 Å². The number of carbonyl (C=O) groups is 2. The first kappa shape index (κ1) is 17.7. The lowest BCUT2D eigenvalue weighted by Crippen LogP contribution is -2.53. The van der Waals surface area contributed by atoms with Gasteiger partial charge in [0.15, 0.2) is 16.6 Å². The number of rotatable bonds is 6. The summed E-state index contributed by atoms with van der Waals surface area (Å²) < 4.78 is 5.44. The SMILES string of the molecule is C=CCN1C(=O)/C(=C/c2ccc(O)c(OCCC)c2)C(=O)NC1=S. The van der Waals surface area contributed by atoms with E-state index in [1.807, 2.05) is 6.92 Å². The van der Waals surface area contributed by atoms with Crippen LogP contribution >= 0.6 is 12.2 Å². The molecule has 0 spiro atoms. The maximum absolute atomic E-state index is 12.4. The van der Waals surface area contributed by atoms with E-state index < -0.39 is 11.8 Å². The monoisotopic (exact) mass is 346 g/mol. The minimum Gasteiger partial charge on any atom is -0.504 e. The fraction of sp³-hybridized carbons (Fsp3) is 0.235. The van der Waals surface area contributed by atoms with E-state index in [1.54, 1.807) is 12.1 Å². The number of carbonyl (C=O) groups excluding carboxylic acids is 2. The molecule has 2 N–H and O–H groups in total. The largest absolute Gasteiger partial charge is 0.504 e. The van der Waals surface area contributed by atoms with Gasteiger partial charge in [-0.3, -0.25) is 19.8 Å². The summed E-state index contributed by atoms with van der Waals surface area (Å²) >= 11 is 5.00. The van der Waals surface area contributed by atoms with Gasteiger partial charge in [-0.05, 0) is 42.4 Å². The van der Waals surface area contributed by atoms with Crippen LogP contribution in [0.15, 0.2) is 36.4 Å². The molecule has 0 saturated carbocycles. The van der Waals surface area contributed by atoms with Gasteiger partial charge < -0.3 is 9.84 Å². The predicted molar refractivity (Wildman–Crippen MR) is 94.5 cm³/mol. The summed E-state index contributed by atoms with van der Waals surface area (Å²) in [7, 11) is 0. The van der Waals surface area contributed by atoms with Crippen LogP contribution in [-0.2, 0) is 9.59 Å². The maximum Gasteiger partial charge on any atom is 0.265 e. The van der Waals surface area contributed by atoms with E-state index in [2.05, 4.69) is 11.9 Å². The van der Waals surface area contributed by atoms with Gasteiger partial charge in [-0.15, -0.1) is 6.58 Å². The van der Waals surface area contributed by atoms with Crippen molar-refractivity contribution in [3.05, 3.63) is 42.0 Å². The predicted octanol–water partition coefficient (Wildman–Crippen LogP) is 1.99. The third-order valence-corrected chi connectivity index (χ3v) is 3.58. The summed E-state index contributed by atoms with van der Waals surface area (Å²) in [6.45, 7) is 6.18. The number of amides is 2. The molecule has 0 bridgehead atoms. The van der Waals surface area contributed by atoms with Crippen LogP contribution in [0.25, 0.3) is 6.08 Å². The van der Waals surface area contributed by atoms with Crippen LogP contribution < -0.4 is 10.1 Å². The van der Waals surface area contributed by atoms with E-state index in [0.29, 0.717) is 17.9 Å². The topological polar surface area (TPSA) is 78.9 Å². The summed E-state index contributed by atoms with van der Waals surface area (Å²) in [6.07, 6.45) is 3.75. The average Bonchev–Trinajstić information content (AvgIpc) is 2.55. The Morgan fingerprint density at radius 1 is 1.42 bits per heavy atom. The van der Waals surface area contributed by atoms with Gasteiger partial charge in [0.2, 0.25) is 0 Å². The molecule has 0 aromatic heterocycles. The maximum atomic E-state index is 12.4. The van der Waals surface area contributed by atoms with Gasteiger partial charge >= 0.3 is 0 Å². The van der Waals surface area contributed by atoms with E-state index in [9.17, 15) is 14.7 Å². The molecular weight excluding hydrogens is 328 g/mol. The van der Waals surface area contributed by atoms with E-state index in [-0.39, 0.29) is 23.0 Å². The Labute approximate surface area is 145 Å². The highest BCUT2D eigenvalue weighted by Gasteiger charge is 2.32. The van der Waals surface area contributed by atoms with Crippen molar-refractivity contribution in [3.8, 4) is 11.5 Å². The smallest absolute Gasteiger partial charge is 0.265 e. The standard InChI is InChI=1S/C17H18N2O4S/c1-3-7-19-16(22)12(15(21)18-17(19)24)9-11-5-6-13(20)14(10-11)23-8-4-2/h3,5-6,9-10,20H,1,4,7-8H2,2H3,(H,18,21,24)/b12-9+. The quantitative estimate of drug-likeness (QED) is 0.356. The van der Waals surface area contributed by atoms with Crippen LogP contribution in [-0.4, -0.2) is 40.1 Å². The molecule has 1 aliphatic heterocycles. The summed E-state index contributed by atoms with van der Waals surface area (Å²) in [6, 6.07) is 4.62. The van der Waals surface area contributed by atoms with Gasteiger partial charge in [0.25, 0.3) is 11.8 Å². The number of benzene rings is 1. The Hall–Kier alpha value is -2.67. The van der Waals surface area contributed by atoms with Crippen molar-refractivity contribution in [2.75, 3.05) is 13.2 Å². The lowest BCUT2D eigenvalue weighted by Gasteiger charge is -2.27. The Morgan fingerprint density at radius 3 is 2.83 bits per heavy atom. The fourth-order valence-electron chi connectivity index (χ4n) is 2.10. The normalized spacial score (nSPS) is 16.3. The first-order valence-electron chi connectivity index (χ1n) is 7.43. The summed E-state index contributed by atoms with van der Waals surface area (Å²) in [5, 5.41) is 12.3. The third kappa shape index (κ3) is 3.80. The minimum absolute atomic E-state index is 0.000478. The number of aromatic hydroxyl groups is 1. The second-order valence-electron chi connectivity index (χ2n) is 5.10. The van der Waals surface area contributed by atoms with Crippen LogP contribution in [0.3, 0.4) is 0 Å². The van der Waals surface area contributed by atoms with Crippen molar-refractivity contribution in [3.63, 3.8) is 0 Å². The zero-order valence-corrected chi connectivity index (χ0v) is 14.1. The van der Waals surface area contributed by atoms with Crippen LogP contribution in [0, 0.1) is 0 Å². The van der Waals surface area contributed by atoms with E-state index in [1.165, 1.54) is 23.1 Å². The second kappa shape index (κ2) is 7.74. The van der Waals surface area contributed by atoms with Gasteiger partial charge in [-0.1, -0.05) is 19.1 Å². The number of nitrogens with one attached hydrogen (secondary N) is 1. The number of hydrogen-bond acceptors (Lipinski definition) is 5. The Bertz CT molecular complexity index is 727. The van der Waals surface area contributed by atoms with Gasteiger partial charge in [0, 0.05) is 6.54 Å². The molecule has 7 heteroatoms. The molecule has 2 amide bonds. The van der Waals surface area contributed by atoms with Crippen molar-refractivity contribution in [2.45, 2.75) is 13.3 Å². The van der Waals surface area contributed by atoms with E-state index in [4.69, 9.17) is 17.0 Å². The van der Waals surface area contributed by atoms with Gasteiger partial charge in [0.05, 0.1) is 6.61 Å². The molecule has 1 aliphatic rings. The van der Waals surface area contributed by atoms with Crippen molar-refractivity contribution in [1.82, 2.24) is 10.2 Å². The highest BCUT2D eigenvalue weighted by molar-refractivity contribution is 7.80. The first-order valence-corrected chi connectivity index (χ1v) is 7.84. The number of thiocarbonyl (C=S) groups is 1. The molecule has 24 heavy (non-hydrogen) atoms. The molecular formula is C17H18N2O4S. The fourth-order valence-corrected chi connectivity index (χ4v) is 2.35. The molecule has 126 valence electrons. The number of ether oxygens (including phenoxy) is 1. The zero-order chi connectivity index (χ0) is 17.7. The zero-order valence-electron chi connectivity index (χ0n) is 13.2. The van der Waals surface area contributed by atoms with E-state index >= 15 is 0 Å². The lowest BCUT2D eigenvalue weighted by molar-refractivity contribution is -0.128. The summed E-state index contributed by atoms with van der Waals surface area (Å²) in [4.78, 5) is 25.8.